The second-order valence-corrected chi connectivity index (χ2v) is 4.22. The molecule has 0 saturated heterocycles. The Morgan fingerprint density at radius 3 is 2.57 bits per heavy atom. The fraction of sp³-hybridized carbons (Fsp3) is 0.909. The molecule has 1 rings (SSSR count). The van der Waals surface area contributed by atoms with Gasteiger partial charge in [0.2, 0.25) is 0 Å². The zero-order valence-corrected chi connectivity index (χ0v) is 9.20. The fourth-order valence-electron chi connectivity index (χ4n) is 2.34. The van der Waals surface area contributed by atoms with Crippen molar-refractivity contribution in [3.63, 3.8) is 0 Å². The Hall–Kier alpha value is -0.570. The Labute approximate surface area is 86.1 Å². The molecule has 1 aliphatic carbocycles. The van der Waals surface area contributed by atoms with Crippen LogP contribution in [0.4, 0.5) is 0 Å². The molecule has 14 heavy (non-hydrogen) atoms. The zero-order valence-electron chi connectivity index (χ0n) is 9.20. The van der Waals surface area contributed by atoms with E-state index in [9.17, 15) is 4.79 Å². The fourth-order valence-corrected chi connectivity index (χ4v) is 2.34. The molecule has 0 amide bonds. The SMILES string of the molecule is CCN(C)C1CCCCCC1C(=O)O. The van der Waals surface area contributed by atoms with Gasteiger partial charge >= 0.3 is 5.97 Å². The molecule has 82 valence electrons. The Balaban J connectivity index is 2.68. The molecule has 0 aromatic rings. The van der Waals surface area contributed by atoms with Gasteiger partial charge < -0.3 is 10.0 Å². The van der Waals surface area contributed by atoms with E-state index in [2.05, 4.69) is 11.8 Å². The summed E-state index contributed by atoms with van der Waals surface area (Å²) in [6, 6.07) is 0.250. The normalized spacial score (nSPS) is 28.8. The summed E-state index contributed by atoms with van der Waals surface area (Å²) in [5, 5.41) is 9.15. The van der Waals surface area contributed by atoms with Crippen LogP contribution in [0.5, 0.6) is 0 Å². The lowest BCUT2D eigenvalue weighted by Gasteiger charge is -2.30. The van der Waals surface area contributed by atoms with E-state index in [1.165, 1.54) is 12.8 Å². The molecule has 0 aromatic heterocycles. The summed E-state index contributed by atoms with van der Waals surface area (Å²) in [7, 11) is 2.03. The zero-order chi connectivity index (χ0) is 10.6. The lowest BCUT2D eigenvalue weighted by atomic mass is 9.94. The number of rotatable bonds is 3. The predicted molar refractivity (Wildman–Crippen MR) is 56.3 cm³/mol. The molecule has 0 spiro atoms. The van der Waals surface area contributed by atoms with E-state index >= 15 is 0 Å². The van der Waals surface area contributed by atoms with Crippen LogP contribution in [0.25, 0.3) is 0 Å². The van der Waals surface area contributed by atoms with Crippen LogP contribution in [-0.2, 0) is 4.79 Å². The van der Waals surface area contributed by atoms with Crippen LogP contribution in [0.15, 0.2) is 0 Å². The first-order valence-electron chi connectivity index (χ1n) is 5.59. The summed E-state index contributed by atoms with van der Waals surface area (Å²) in [6.07, 6.45) is 5.34. The third kappa shape index (κ3) is 2.71. The number of hydrogen-bond acceptors (Lipinski definition) is 2. The van der Waals surface area contributed by atoms with Crippen LogP contribution < -0.4 is 0 Å². The summed E-state index contributed by atoms with van der Waals surface area (Å²) < 4.78 is 0. The van der Waals surface area contributed by atoms with Crippen molar-refractivity contribution in [3.05, 3.63) is 0 Å². The number of carboxylic acids is 1. The van der Waals surface area contributed by atoms with Crippen molar-refractivity contribution in [1.29, 1.82) is 0 Å². The van der Waals surface area contributed by atoms with Gasteiger partial charge in [0.15, 0.2) is 0 Å². The van der Waals surface area contributed by atoms with Gasteiger partial charge in [-0.1, -0.05) is 26.2 Å². The first-order valence-corrected chi connectivity index (χ1v) is 5.59. The highest BCUT2D eigenvalue weighted by atomic mass is 16.4. The van der Waals surface area contributed by atoms with Crippen molar-refractivity contribution < 1.29 is 9.90 Å². The standard InChI is InChI=1S/C11H21NO2/c1-3-12(2)10-8-6-4-5-7-9(10)11(13)14/h9-10H,3-8H2,1-2H3,(H,13,14). The quantitative estimate of drug-likeness (QED) is 0.706. The van der Waals surface area contributed by atoms with Crippen LogP contribution in [0.2, 0.25) is 0 Å². The maximum Gasteiger partial charge on any atom is 0.308 e. The molecule has 0 aromatic carbocycles. The monoisotopic (exact) mass is 199 g/mol. The van der Waals surface area contributed by atoms with Gasteiger partial charge in [0.05, 0.1) is 5.92 Å². The van der Waals surface area contributed by atoms with Crippen molar-refractivity contribution in [1.82, 2.24) is 4.90 Å². The van der Waals surface area contributed by atoms with Crippen LogP contribution in [0.3, 0.4) is 0 Å². The number of hydrogen-bond donors (Lipinski definition) is 1. The van der Waals surface area contributed by atoms with Gasteiger partial charge in [-0.3, -0.25) is 4.79 Å². The maximum atomic E-state index is 11.1. The van der Waals surface area contributed by atoms with E-state index in [4.69, 9.17) is 5.11 Å². The molecule has 0 heterocycles. The van der Waals surface area contributed by atoms with E-state index in [1.54, 1.807) is 0 Å². The summed E-state index contributed by atoms with van der Waals surface area (Å²) in [5.74, 6) is -0.764. The molecule has 3 nitrogen and oxygen atoms in total. The second-order valence-electron chi connectivity index (χ2n) is 4.22. The van der Waals surface area contributed by atoms with E-state index < -0.39 is 5.97 Å². The highest BCUT2D eigenvalue weighted by Gasteiger charge is 2.31. The van der Waals surface area contributed by atoms with Crippen molar-refractivity contribution in [2.24, 2.45) is 5.92 Å². The molecule has 0 bridgehead atoms. The van der Waals surface area contributed by atoms with E-state index in [0.29, 0.717) is 0 Å². The topological polar surface area (TPSA) is 40.5 Å². The number of nitrogens with zero attached hydrogens (tertiary/aromatic N) is 1. The number of carboxylic acid groups (broad SMARTS) is 1. The lowest BCUT2D eigenvalue weighted by Crippen LogP contribution is -2.40. The molecule has 3 heteroatoms. The highest BCUT2D eigenvalue weighted by molar-refractivity contribution is 5.70. The molecule has 2 atom stereocenters. The minimum atomic E-state index is -0.614. The highest BCUT2D eigenvalue weighted by Crippen LogP contribution is 2.26. The largest absolute Gasteiger partial charge is 0.481 e. The molecule has 1 saturated carbocycles. The van der Waals surface area contributed by atoms with Gasteiger partial charge in [-0.15, -0.1) is 0 Å². The smallest absolute Gasteiger partial charge is 0.308 e. The van der Waals surface area contributed by atoms with Gasteiger partial charge in [0, 0.05) is 6.04 Å². The molecule has 0 aliphatic heterocycles. The number of aliphatic carboxylic acids is 1. The van der Waals surface area contributed by atoms with Crippen LogP contribution in [0, 0.1) is 5.92 Å². The summed E-state index contributed by atoms with van der Waals surface area (Å²) in [4.78, 5) is 13.3. The summed E-state index contributed by atoms with van der Waals surface area (Å²) >= 11 is 0. The molecule has 0 radical (unpaired) electrons. The second kappa shape index (κ2) is 5.35. The average molecular weight is 199 g/mol. The van der Waals surface area contributed by atoms with E-state index in [-0.39, 0.29) is 12.0 Å². The first-order chi connectivity index (χ1) is 6.66. The van der Waals surface area contributed by atoms with Crippen molar-refractivity contribution in [3.8, 4) is 0 Å². The summed E-state index contributed by atoms with van der Waals surface area (Å²) in [6.45, 7) is 3.03. The van der Waals surface area contributed by atoms with Crippen LogP contribution >= 0.6 is 0 Å². The molecule has 1 aliphatic rings. The lowest BCUT2D eigenvalue weighted by molar-refractivity contribution is -0.144. The Morgan fingerprint density at radius 1 is 1.36 bits per heavy atom. The van der Waals surface area contributed by atoms with Crippen LogP contribution in [0.1, 0.15) is 39.0 Å². The molecular formula is C11H21NO2. The molecular weight excluding hydrogens is 178 g/mol. The predicted octanol–water partition coefficient (Wildman–Crippen LogP) is 1.97. The third-order valence-electron chi connectivity index (χ3n) is 3.36. The summed E-state index contributed by atoms with van der Waals surface area (Å²) in [5.41, 5.74) is 0. The Morgan fingerprint density at radius 2 is 2.00 bits per heavy atom. The minimum absolute atomic E-state index is 0.151. The third-order valence-corrected chi connectivity index (χ3v) is 3.36. The van der Waals surface area contributed by atoms with Gasteiger partial charge in [-0.05, 0) is 26.4 Å². The van der Waals surface area contributed by atoms with Gasteiger partial charge in [-0.25, -0.2) is 0 Å². The molecule has 1 fully saturated rings. The Kier molecular flexibility index (Phi) is 4.39. The van der Waals surface area contributed by atoms with E-state index in [1.807, 2.05) is 7.05 Å². The van der Waals surface area contributed by atoms with Crippen molar-refractivity contribution in [2.45, 2.75) is 45.1 Å². The molecule has 1 N–H and O–H groups in total. The van der Waals surface area contributed by atoms with Gasteiger partial charge in [0.25, 0.3) is 0 Å². The number of carbonyl (C=O) groups is 1. The average Bonchev–Trinajstić information content (AvgIpc) is 2.41. The maximum absolute atomic E-state index is 11.1. The first kappa shape index (κ1) is 11.5. The van der Waals surface area contributed by atoms with Crippen LogP contribution in [-0.4, -0.2) is 35.6 Å². The van der Waals surface area contributed by atoms with Gasteiger partial charge in [0.1, 0.15) is 0 Å². The Bertz CT molecular complexity index is 194. The molecule has 2 unspecified atom stereocenters. The van der Waals surface area contributed by atoms with Crippen molar-refractivity contribution in [2.75, 3.05) is 13.6 Å². The van der Waals surface area contributed by atoms with Gasteiger partial charge in [-0.2, -0.15) is 0 Å². The minimum Gasteiger partial charge on any atom is -0.481 e. The van der Waals surface area contributed by atoms with Crippen molar-refractivity contribution >= 4 is 5.97 Å². The van der Waals surface area contributed by atoms with E-state index in [0.717, 1.165) is 25.8 Å².